The quantitative estimate of drug-likeness (QED) is 0.480. The number of aliphatic carboxylic acids is 1. The molecule has 0 radical (unpaired) electrons. The van der Waals surface area contributed by atoms with E-state index in [1.807, 2.05) is 0 Å². The molecule has 0 aromatic rings. The first-order chi connectivity index (χ1) is 13.1. The molecule has 0 aromatic carbocycles. The Morgan fingerprint density at radius 2 is 2.00 bits per heavy atom. The zero-order valence-electron chi connectivity index (χ0n) is 17.8. The number of carboxylic acids is 1. The number of esters is 1. The van der Waals surface area contributed by atoms with Gasteiger partial charge in [0.15, 0.2) is 0 Å². The lowest BCUT2D eigenvalue weighted by atomic mass is 9.46. The van der Waals surface area contributed by atoms with Crippen LogP contribution in [0.3, 0.4) is 0 Å². The molecule has 4 heteroatoms. The van der Waals surface area contributed by atoms with Gasteiger partial charge in [-0.25, -0.2) is 0 Å². The summed E-state index contributed by atoms with van der Waals surface area (Å²) < 4.78 is 5.58. The summed E-state index contributed by atoms with van der Waals surface area (Å²) in [4.78, 5) is 22.7. The van der Waals surface area contributed by atoms with Gasteiger partial charge in [0.2, 0.25) is 0 Å². The summed E-state index contributed by atoms with van der Waals surface area (Å²) in [6, 6.07) is 0. The van der Waals surface area contributed by atoms with E-state index in [0.29, 0.717) is 18.4 Å². The topological polar surface area (TPSA) is 63.6 Å². The Balaban J connectivity index is 1.75. The Morgan fingerprint density at radius 1 is 1.25 bits per heavy atom. The van der Waals surface area contributed by atoms with E-state index in [0.717, 1.165) is 19.3 Å². The van der Waals surface area contributed by atoms with Gasteiger partial charge in [-0.3, -0.25) is 9.59 Å². The molecule has 1 N–H and O–H groups in total. The second-order valence-electron chi connectivity index (χ2n) is 10.2. The lowest BCUT2D eigenvalue weighted by Gasteiger charge is -2.59. The van der Waals surface area contributed by atoms with Crippen LogP contribution in [-0.2, 0) is 14.3 Å². The van der Waals surface area contributed by atoms with Gasteiger partial charge < -0.3 is 9.84 Å². The Kier molecular flexibility index (Phi) is 5.80. The van der Waals surface area contributed by atoms with Crippen LogP contribution < -0.4 is 0 Å². The van der Waals surface area contributed by atoms with E-state index < -0.39 is 5.97 Å². The molecule has 0 aliphatic heterocycles. The van der Waals surface area contributed by atoms with Crippen molar-refractivity contribution in [2.24, 2.45) is 28.1 Å². The molecule has 28 heavy (non-hydrogen) atoms. The zero-order chi connectivity index (χ0) is 20.6. The van der Waals surface area contributed by atoms with Crippen molar-refractivity contribution < 1.29 is 19.4 Å². The summed E-state index contributed by atoms with van der Waals surface area (Å²) in [5.74, 6) is -0.180. The molecule has 3 aliphatic rings. The Hall–Kier alpha value is -1.58. The largest absolute Gasteiger partial charge is 0.481 e. The predicted molar refractivity (Wildman–Crippen MR) is 110 cm³/mol. The fourth-order valence-corrected chi connectivity index (χ4v) is 6.45. The summed E-state index contributed by atoms with van der Waals surface area (Å²) in [7, 11) is 0. The Labute approximate surface area is 169 Å². The van der Waals surface area contributed by atoms with Crippen molar-refractivity contribution >= 4 is 11.9 Å². The number of carbonyl (C=O) groups is 2. The zero-order valence-corrected chi connectivity index (χ0v) is 17.8. The lowest BCUT2D eigenvalue weighted by molar-refractivity contribution is -0.155. The van der Waals surface area contributed by atoms with Crippen molar-refractivity contribution in [2.75, 3.05) is 6.61 Å². The van der Waals surface area contributed by atoms with E-state index in [-0.39, 0.29) is 35.1 Å². The molecule has 3 aliphatic carbocycles. The summed E-state index contributed by atoms with van der Waals surface area (Å²) in [5.41, 5.74) is 2.02. The highest BCUT2D eigenvalue weighted by Crippen LogP contribution is 2.63. The van der Waals surface area contributed by atoms with Crippen molar-refractivity contribution in [1.82, 2.24) is 0 Å². The first kappa shape index (κ1) is 21.1. The number of rotatable bonds is 6. The fraction of sp³-hybridized carbons (Fsp3) is 0.750. The molecule has 0 heterocycles. The second kappa shape index (κ2) is 7.68. The van der Waals surface area contributed by atoms with Gasteiger partial charge in [-0.2, -0.15) is 0 Å². The summed E-state index contributed by atoms with van der Waals surface area (Å²) in [6.45, 7) is 11.5. The van der Waals surface area contributed by atoms with Gasteiger partial charge in [0.1, 0.15) is 0 Å². The van der Waals surface area contributed by atoms with Crippen LogP contribution in [0.2, 0.25) is 0 Å². The molecule has 0 amide bonds. The van der Waals surface area contributed by atoms with Crippen LogP contribution in [0.1, 0.15) is 78.6 Å². The van der Waals surface area contributed by atoms with Gasteiger partial charge in [0.25, 0.3) is 0 Å². The number of fused-ring (bicyclic) bond motifs is 3. The minimum absolute atomic E-state index is 0.0309. The Morgan fingerprint density at radius 3 is 2.68 bits per heavy atom. The maximum absolute atomic E-state index is 12.0. The maximum Gasteiger partial charge on any atom is 0.306 e. The standard InChI is InChI=1S/C24H36O4/c1-5-22(2)14-11-18-17(15-22)7-8-19-23(3,12-6-13-24(18,19)4)16-28-21(27)10-9-20(25)26/h5,11,17,19H,1,6-10,12-16H2,2-4H3,(H,25,26)/t17?,19?,22-,23-,24-/m1/s1. The maximum atomic E-state index is 12.0. The molecular weight excluding hydrogens is 352 g/mol. The van der Waals surface area contributed by atoms with Gasteiger partial charge in [0, 0.05) is 5.41 Å². The second-order valence-corrected chi connectivity index (χ2v) is 10.2. The Bertz CT molecular complexity index is 680. The third-order valence-corrected chi connectivity index (χ3v) is 8.06. The van der Waals surface area contributed by atoms with Crippen LogP contribution in [0.4, 0.5) is 0 Å². The van der Waals surface area contributed by atoms with Gasteiger partial charge in [-0.05, 0) is 61.2 Å². The van der Waals surface area contributed by atoms with Crippen LogP contribution in [0.25, 0.3) is 0 Å². The molecule has 2 unspecified atom stereocenters. The van der Waals surface area contributed by atoms with E-state index in [4.69, 9.17) is 9.84 Å². The molecule has 0 spiro atoms. The first-order valence-electron chi connectivity index (χ1n) is 10.8. The summed E-state index contributed by atoms with van der Waals surface area (Å²) in [5, 5.41) is 8.76. The van der Waals surface area contributed by atoms with Crippen molar-refractivity contribution in [3.8, 4) is 0 Å². The van der Waals surface area contributed by atoms with E-state index in [1.165, 1.54) is 25.7 Å². The SMILES string of the molecule is C=C[C@]1(C)CC=C2C(CCC3[C@@](C)(COC(=O)CCC(=O)O)CCC[C@]23C)C1. The monoisotopic (exact) mass is 388 g/mol. The molecule has 0 aromatic heterocycles. The smallest absolute Gasteiger partial charge is 0.306 e. The van der Waals surface area contributed by atoms with Crippen LogP contribution in [0.15, 0.2) is 24.3 Å². The number of hydrogen-bond donors (Lipinski definition) is 1. The molecule has 3 rings (SSSR count). The third-order valence-electron chi connectivity index (χ3n) is 8.06. The van der Waals surface area contributed by atoms with Crippen LogP contribution in [0.5, 0.6) is 0 Å². The van der Waals surface area contributed by atoms with E-state index in [1.54, 1.807) is 5.57 Å². The van der Waals surface area contributed by atoms with Crippen molar-refractivity contribution in [1.29, 1.82) is 0 Å². The fourth-order valence-electron chi connectivity index (χ4n) is 6.45. The van der Waals surface area contributed by atoms with Gasteiger partial charge in [-0.1, -0.05) is 44.9 Å². The summed E-state index contributed by atoms with van der Waals surface area (Å²) >= 11 is 0. The lowest BCUT2D eigenvalue weighted by Crippen LogP contribution is -2.51. The average molecular weight is 389 g/mol. The van der Waals surface area contributed by atoms with Gasteiger partial charge >= 0.3 is 11.9 Å². The predicted octanol–water partition coefficient (Wildman–Crippen LogP) is 5.53. The third kappa shape index (κ3) is 3.92. The molecule has 2 saturated carbocycles. The minimum Gasteiger partial charge on any atom is -0.481 e. The van der Waals surface area contributed by atoms with E-state index in [2.05, 4.69) is 39.5 Å². The van der Waals surface area contributed by atoms with Crippen molar-refractivity contribution in [2.45, 2.75) is 78.6 Å². The number of carbonyl (C=O) groups excluding carboxylic acids is 1. The number of carboxylic acid groups (broad SMARTS) is 1. The van der Waals surface area contributed by atoms with Gasteiger partial charge in [0.05, 0.1) is 19.4 Å². The minimum atomic E-state index is -0.956. The van der Waals surface area contributed by atoms with Crippen molar-refractivity contribution in [3.05, 3.63) is 24.3 Å². The van der Waals surface area contributed by atoms with E-state index >= 15 is 0 Å². The molecule has 156 valence electrons. The van der Waals surface area contributed by atoms with E-state index in [9.17, 15) is 9.59 Å². The molecule has 4 nitrogen and oxygen atoms in total. The molecule has 0 saturated heterocycles. The van der Waals surface area contributed by atoms with Crippen LogP contribution >= 0.6 is 0 Å². The molecule has 5 atom stereocenters. The molecule has 0 bridgehead atoms. The highest BCUT2D eigenvalue weighted by molar-refractivity contribution is 5.76. The highest BCUT2D eigenvalue weighted by Gasteiger charge is 2.55. The normalized spacial score (nSPS) is 39.9. The van der Waals surface area contributed by atoms with Crippen LogP contribution in [-0.4, -0.2) is 23.7 Å². The molecule has 2 fully saturated rings. The number of ether oxygens (including phenoxy) is 1. The number of allylic oxidation sites excluding steroid dienone is 3. The molecular formula is C24H36O4. The van der Waals surface area contributed by atoms with Crippen LogP contribution in [0, 0.1) is 28.1 Å². The average Bonchev–Trinajstić information content (AvgIpc) is 2.64. The van der Waals surface area contributed by atoms with Gasteiger partial charge in [-0.15, -0.1) is 6.58 Å². The highest BCUT2D eigenvalue weighted by atomic mass is 16.5. The van der Waals surface area contributed by atoms with Crippen molar-refractivity contribution in [3.63, 3.8) is 0 Å². The summed E-state index contributed by atoms with van der Waals surface area (Å²) in [6.07, 6.45) is 12.5. The number of hydrogen-bond acceptors (Lipinski definition) is 3. The first-order valence-corrected chi connectivity index (χ1v) is 10.8.